The molecule has 5 nitrogen and oxygen atoms in total. The Morgan fingerprint density at radius 1 is 1.20 bits per heavy atom. The number of rotatable bonds is 4. The van der Waals surface area contributed by atoms with Crippen molar-refractivity contribution in [3.05, 3.63) is 34.3 Å². The van der Waals surface area contributed by atoms with Crippen molar-refractivity contribution < 1.29 is 14.3 Å². The number of aryl methyl sites for hydroxylation is 2. The van der Waals surface area contributed by atoms with Gasteiger partial charge < -0.3 is 9.47 Å². The predicted octanol–water partition coefficient (Wildman–Crippen LogP) is 3.03. The lowest BCUT2D eigenvalue weighted by atomic mass is 10.1. The van der Waals surface area contributed by atoms with Crippen molar-refractivity contribution >= 4 is 22.4 Å². The first-order valence-electron chi connectivity index (χ1n) is 6.03. The van der Waals surface area contributed by atoms with Crippen LogP contribution in [-0.4, -0.2) is 25.1 Å². The van der Waals surface area contributed by atoms with Gasteiger partial charge in [-0.25, -0.2) is 4.98 Å². The molecule has 1 N–H and O–H groups in total. The monoisotopic (exact) mass is 292 g/mol. The van der Waals surface area contributed by atoms with Crippen LogP contribution in [0.4, 0.5) is 5.13 Å². The normalized spacial score (nSPS) is 10.2. The number of benzene rings is 1. The molecule has 0 unspecified atom stereocenters. The summed E-state index contributed by atoms with van der Waals surface area (Å²) in [6.07, 6.45) is 0. The number of hydrogen-bond donors (Lipinski definition) is 1. The van der Waals surface area contributed by atoms with Crippen LogP contribution in [0, 0.1) is 13.8 Å². The van der Waals surface area contributed by atoms with Gasteiger partial charge in [0.25, 0.3) is 5.91 Å². The van der Waals surface area contributed by atoms with E-state index in [0.717, 1.165) is 10.6 Å². The van der Waals surface area contributed by atoms with Crippen molar-refractivity contribution in [2.75, 3.05) is 19.5 Å². The van der Waals surface area contributed by atoms with Gasteiger partial charge in [-0.05, 0) is 26.0 Å². The Kier molecular flexibility index (Phi) is 4.24. The second kappa shape index (κ2) is 5.92. The maximum Gasteiger partial charge on any atom is 0.265 e. The van der Waals surface area contributed by atoms with E-state index in [0.29, 0.717) is 22.2 Å². The first-order chi connectivity index (χ1) is 9.56. The molecule has 0 aliphatic carbocycles. The number of nitrogens with zero attached hydrogens (tertiary/aromatic N) is 1. The molecule has 0 bridgehead atoms. The molecule has 106 valence electrons. The molecule has 2 rings (SSSR count). The van der Waals surface area contributed by atoms with Crippen molar-refractivity contribution in [1.29, 1.82) is 0 Å². The summed E-state index contributed by atoms with van der Waals surface area (Å²) in [6, 6.07) is 5.21. The maximum atomic E-state index is 12.4. The first-order valence-corrected chi connectivity index (χ1v) is 6.84. The third-order valence-electron chi connectivity index (χ3n) is 2.90. The number of nitrogens with one attached hydrogen (secondary N) is 1. The van der Waals surface area contributed by atoms with Crippen LogP contribution in [0.5, 0.6) is 11.5 Å². The van der Waals surface area contributed by atoms with Gasteiger partial charge in [-0.2, -0.15) is 0 Å². The smallest absolute Gasteiger partial charge is 0.265 e. The lowest BCUT2D eigenvalue weighted by Gasteiger charge is -2.11. The van der Waals surface area contributed by atoms with Crippen LogP contribution in [0.3, 0.4) is 0 Å². The van der Waals surface area contributed by atoms with Crippen LogP contribution in [0.2, 0.25) is 0 Å². The summed E-state index contributed by atoms with van der Waals surface area (Å²) in [4.78, 5) is 17.8. The predicted molar refractivity (Wildman–Crippen MR) is 79.1 cm³/mol. The number of ether oxygens (including phenoxy) is 2. The van der Waals surface area contributed by atoms with Crippen LogP contribution >= 0.6 is 11.3 Å². The zero-order valence-corrected chi connectivity index (χ0v) is 12.6. The largest absolute Gasteiger partial charge is 0.496 e. The molecule has 2 aromatic rings. The minimum Gasteiger partial charge on any atom is -0.496 e. The molecule has 0 saturated heterocycles. The quantitative estimate of drug-likeness (QED) is 0.941. The van der Waals surface area contributed by atoms with Gasteiger partial charge in [0, 0.05) is 4.88 Å². The summed E-state index contributed by atoms with van der Waals surface area (Å²) in [5, 5.41) is 3.35. The van der Waals surface area contributed by atoms with Gasteiger partial charge in [-0.1, -0.05) is 6.07 Å². The molecule has 1 aromatic carbocycles. The summed E-state index contributed by atoms with van der Waals surface area (Å²) < 4.78 is 10.4. The van der Waals surface area contributed by atoms with E-state index in [9.17, 15) is 4.79 Å². The van der Waals surface area contributed by atoms with Gasteiger partial charge in [0.15, 0.2) is 5.13 Å². The number of aromatic nitrogens is 1. The van der Waals surface area contributed by atoms with Gasteiger partial charge >= 0.3 is 0 Å². The molecular formula is C14H16N2O3S. The number of carbonyl (C=O) groups is 1. The third-order valence-corrected chi connectivity index (χ3v) is 3.89. The molecule has 0 aliphatic heterocycles. The summed E-state index contributed by atoms with van der Waals surface area (Å²) in [6.45, 7) is 3.87. The summed E-state index contributed by atoms with van der Waals surface area (Å²) in [5.74, 6) is 0.631. The molecule has 1 heterocycles. The fraction of sp³-hybridized carbons (Fsp3) is 0.286. The van der Waals surface area contributed by atoms with Crippen molar-refractivity contribution in [3.8, 4) is 11.5 Å². The number of carbonyl (C=O) groups excluding carboxylic acids is 1. The molecule has 0 radical (unpaired) electrons. The number of thiazole rings is 1. The lowest BCUT2D eigenvalue weighted by Crippen LogP contribution is -2.14. The highest BCUT2D eigenvalue weighted by atomic mass is 32.1. The summed E-state index contributed by atoms with van der Waals surface area (Å²) in [7, 11) is 3.03. The van der Waals surface area contributed by atoms with E-state index < -0.39 is 0 Å². The van der Waals surface area contributed by atoms with E-state index in [2.05, 4.69) is 10.3 Å². The van der Waals surface area contributed by atoms with Crippen LogP contribution in [0.15, 0.2) is 18.2 Å². The SMILES string of the molecule is COc1cccc(OC)c1C(=O)Nc1nc(C)c(C)s1. The van der Waals surface area contributed by atoms with E-state index in [1.807, 2.05) is 13.8 Å². The minimum atomic E-state index is -0.298. The number of methoxy groups -OCH3 is 2. The van der Waals surface area contributed by atoms with Gasteiger partial charge in [0.1, 0.15) is 17.1 Å². The maximum absolute atomic E-state index is 12.4. The zero-order chi connectivity index (χ0) is 14.7. The highest BCUT2D eigenvalue weighted by Crippen LogP contribution is 2.30. The Bertz CT molecular complexity index is 596. The highest BCUT2D eigenvalue weighted by Gasteiger charge is 2.19. The second-order valence-corrected chi connectivity index (χ2v) is 5.36. The molecule has 1 aromatic heterocycles. The van der Waals surface area contributed by atoms with E-state index in [1.165, 1.54) is 25.6 Å². The molecule has 1 amide bonds. The number of amides is 1. The Balaban J connectivity index is 2.33. The van der Waals surface area contributed by atoms with Crippen molar-refractivity contribution in [1.82, 2.24) is 4.98 Å². The van der Waals surface area contributed by atoms with Crippen LogP contribution in [0.25, 0.3) is 0 Å². The van der Waals surface area contributed by atoms with Crippen molar-refractivity contribution in [2.45, 2.75) is 13.8 Å². The van der Waals surface area contributed by atoms with Gasteiger partial charge in [0.2, 0.25) is 0 Å². The van der Waals surface area contributed by atoms with E-state index in [-0.39, 0.29) is 5.91 Å². The molecule has 0 aliphatic rings. The molecule has 0 atom stereocenters. The zero-order valence-electron chi connectivity index (χ0n) is 11.8. The second-order valence-electron chi connectivity index (χ2n) is 4.15. The van der Waals surface area contributed by atoms with Gasteiger partial charge in [-0.15, -0.1) is 11.3 Å². The topological polar surface area (TPSA) is 60.5 Å². The lowest BCUT2D eigenvalue weighted by molar-refractivity contribution is 0.102. The first kappa shape index (κ1) is 14.3. The average Bonchev–Trinajstić information content (AvgIpc) is 2.75. The molecule has 20 heavy (non-hydrogen) atoms. The Morgan fingerprint density at radius 3 is 2.25 bits per heavy atom. The van der Waals surface area contributed by atoms with Crippen molar-refractivity contribution in [3.63, 3.8) is 0 Å². The Hall–Kier alpha value is -2.08. The Labute approximate surface area is 121 Å². The van der Waals surface area contributed by atoms with E-state index in [4.69, 9.17) is 9.47 Å². The Morgan fingerprint density at radius 2 is 1.80 bits per heavy atom. The molecule has 0 fully saturated rings. The highest BCUT2D eigenvalue weighted by molar-refractivity contribution is 7.15. The van der Waals surface area contributed by atoms with Crippen molar-refractivity contribution in [2.24, 2.45) is 0 Å². The molecule has 0 saturated carbocycles. The third kappa shape index (κ3) is 2.75. The number of anilines is 1. The summed E-state index contributed by atoms with van der Waals surface area (Å²) in [5.41, 5.74) is 1.28. The van der Waals surface area contributed by atoms with Gasteiger partial charge in [-0.3, -0.25) is 10.1 Å². The van der Waals surface area contributed by atoms with Crippen LogP contribution < -0.4 is 14.8 Å². The van der Waals surface area contributed by atoms with E-state index >= 15 is 0 Å². The minimum absolute atomic E-state index is 0.298. The molecular weight excluding hydrogens is 276 g/mol. The van der Waals surface area contributed by atoms with E-state index in [1.54, 1.807) is 18.2 Å². The fourth-order valence-electron chi connectivity index (χ4n) is 1.76. The standard InChI is InChI=1S/C14H16N2O3S/c1-8-9(2)20-14(15-8)16-13(17)12-10(18-3)6-5-7-11(12)19-4/h5-7H,1-4H3,(H,15,16,17). The molecule has 6 heteroatoms. The van der Waals surface area contributed by atoms with Crippen LogP contribution in [0.1, 0.15) is 20.9 Å². The average molecular weight is 292 g/mol. The van der Waals surface area contributed by atoms with Gasteiger partial charge in [0.05, 0.1) is 19.9 Å². The molecule has 0 spiro atoms. The fourth-order valence-corrected chi connectivity index (χ4v) is 2.57. The summed E-state index contributed by atoms with van der Waals surface area (Å²) >= 11 is 1.44. The van der Waals surface area contributed by atoms with Crippen LogP contribution in [-0.2, 0) is 0 Å². The number of hydrogen-bond acceptors (Lipinski definition) is 5.